The quantitative estimate of drug-likeness (QED) is 0.426. The van der Waals surface area contributed by atoms with Gasteiger partial charge < -0.3 is 18.9 Å². The first-order valence-corrected chi connectivity index (χ1v) is 8.63. The predicted molar refractivity (Wildman–Crippen MR) is 88.6 cm³/mol. The Kier molecular flexibility index (Phi) is 9.25. The molecule has 0 heterocycles. The Morgan fingerprint density at radius 1 is 1.00 bits per heavy atom. The number of hydrogen-bond donors (Lipinski definition) is 0. The Balaban J connectivity index is 2.44. The van der Waals surface area contributed by atoms with E-state index in [-0.39, 0.29) is 12.6 Å². The van der Waals surface area contributed by atoms with Crippen LogP contribution in [0.2, 0.25) is 0 Å². The molecule has 0 radical (unpaired) electrons. The molecule has 0 aromatic heterocycles. The summed E-state index contributed by atoms with van der Waals surface area (Å²) in [5.74, 6) is 1.62. The molecule has 4 heteroatoms. The van der Waals surface area contributed by atoms with E-state index in [1.807, 2.05) is 27.7 Å². The highest BCUT2D eigenvalue weighted by atomic mass is 16.7. The van der Waals surface area contributed by atoms with E-state index in [2.05, 4.69) is 13.5 Å². The summed E-state index contributed by atoms with van der Waals surface area (Å²) in [5.41, 5.74) is 1.16. The molecule has 0 aromatic rings. The fourth-order valence-electron chi connectivity index (χ4n) is 3.20. The highest BCUT2D eigenvalue weighted by molar-refractivity contribution is 5.07. The van der Waals surface area contributed by atoms with Crippen LogP contribution in [0.5, 0.6) is 0 Å². The molecule has 1 fully saturated rings. The third-order valence-corrected chi connectivity index (χ3v) is 4.53. The molecule has 0 saturated heterocycles. The first kappa shape index (κ1) is 19.6. The van der Waals surface area contributed by atoms with Gasteiger partial charge in [0, 0.05) is 13.2 Å². The number of hydrogen-bond acceptors (Lipinski definition) is 4. The average Bonchev–Trinajstić information content (AvgIpc) is 2.84. The van der Waals surface area contributed by atoms with Crippen LogP contribution in [-0.4, -0.2) is 39.0 Å². The summed E-state index contributed by atoms with van der Waals surface area (Å²) in [6.07, 6.45) is 2.08. The molecular weight excluding hydrogens is 280 g/mol. The molecule has 1 rings (SSSR count). The molecule has 1 aliphatic carbocycles. The van der Waals surface area contributed by atoms with E-state index in [9.17, 15) is 0 Å². The third kappa shape index (κ3) is 6.37. The van der Waals surface area contributed by atoms with Crippen LogP contribution in [0.25, 0.3) is 0 Å². The van der Waals surface area contributed by atoms with Gasteiger partial charge in [0.05, 0.1) is 13.2 Å². The van der Waals surface area contributed by atoms with Crippen LogP contribution in [0.15, 0.2) is 12.2 Å². The molecule has 0 amide bonds. The van der Waals surface area contributed by atoms with E-state index in [4.69, 9.17) is 18.9 Å². The summed E-state index contributed by atoms with van der Waals surface area (Å²) >= 11 is 0. The zero-order chi connectivity index (χ0) is 16.5. The van der Waals surface area contributed by atoms with Crippen LogP contribution in [0, 0.1) is 17.8 Å². The van der Waals surface area contributed by atoms with Crippen molar-refractivity contribution in [1.82, 2.24) is 0 Å². The van der Waals surface area contributed by atoms with Crippen molar-refractivity contribution in [2.45, 2.75) is 60.0 Å². The normalized spacial score (nSPS) is 27.8. The molecule has 1 saturated carbocycles. The maximum atomic E-state index is 5.85. The Morgan fingerprint density at radius 3 is 2.18 bits per heavy atom. The Labute approximate surface area is 136 Å². The minimum absolute atomic E-state index is 0.138. The molecule has 0 spiro atoms. The molecule has 5 atom stereocenters. The first-order valence-electron chi connectivity index (χ1n) is 8.63. The molecule has 0 aromatic carbocycles. The fraction of sp³-hybridized carbons (Fsp3) is 0.889. The van der Waals surface area contributed by atoms with Gasteiger partial charge >= 0.3 is 0 Å². The van der Waals surface area contributed by atoms with Crippen molar-refractivity contribution in [3.63, 3.8) is 0 Å². The highest BCUT2D eigenvalue weighted by Crippen LogP contribution is 2.41. The lowest BCUT2D eigenvalue weighted by Crippen LogP contribution is -2.26. The summed E-state index contributed by atoms with van der Waals surface area (Å²) in [4.78, 5) is 0. The first-order chi connectivity index (χ1) is 10.5. The van der Waals surface area contributed by atoms with Gasteiger partial charge in [0.15, 0.2) is 12.6 Å². The van der Waals surface area contributed by atoms with Gasteiger partial charge in [-0.3, -0.25) is 0 Å². The van der Waals surface area contributed by atoms with Crippen LogP contribution in [0.4, 0.5) is 0 Å². The van der Waals surface area contributed by atoms with Gasteiger partial charge in [-0.2, -0.15) is 0 Å². The zero-order valence-corrected chi connectivity index (χ0v) is 15.0. The van der Waals surface area contributed by atoms with Crippen molar-refractivity contribution in [2.24, 2.45) is 17.8 Å². The molecule has 0 aliphatic heterocycles. The van der Waals surface area contributed by atoms with E-state index in [0.29, 0.717) is 37.6 Å². The van der Waals surface area contributed by atoms with E-state index in [0.717, 1.165) is 12.2 Å². The second-order valence-corrected chi connectivity index (χ2v) is 6.17. The molecule has 4 nitrogen and oxygen atoms in total. The van der Waals surface area contributed by atoms with Gasteiger partial charge in [-0.15, -0.1) is 0 Å². The average molecular weight is 314 g/mol. The van der Waals surface area contributed by atoms with Crippen LogP contribution < -0.4 is 0 Å². The molecule has 0 bridgehead atoms. The molecule has 0 N–H and O–H groups in total. The molecule has 2 unspecified atom stereocenters. The third-order valence-electron chi connectivity index (χ3n) is 4.53. The second kappa shape index (κ2) is 10.4. The fourth-order valence-corrected chi connectivity index (χ4v) is 3.20. The topological polar surface area (TPSA) is 36.9 Å². The van der Waals surface area contributed by atoms with Crippen molar-refractivity contribution in [3.8, 4) is 0 Å². The number of rotatable bonds is 11. The molecular formula is C18H34O4. The summed E-state index contributed by atoms with van der Waals surface area (Å²) in [6.45, 7) is 17.0. The molecule has 1 aliphatic rings. The van der Waals surface area contributed by atoms with Crippen molar-refractivity contribution in [2.75, 3.05) is 26.4 Å². The van der Waals surface area contributed by atoms with Crippen molar-refractivity contribution in [1.29, 1.82) is 0 Å². The SMILES string of the molecule is C=C(COC(C)OCC)[C@H]1CC[C@H](C)[C@H]1COC(C)OCC. The maximum absolute atomic E-state index is 5.85. The zero-order valence-electron chi connectivity index (χ0n) is 15.0. The smallest absolute Gasteiger partial charge is 0.155 e. The lowest BCUT2D eigenvalue weighted by atomic mass is 9.86. The maximum Gasteiger partial charge on any atom is 0.155 e. The van der Waals surface area contributed by atoms with Crippen molar-refractivity contribution in [3.05, 3.63) is 12.2 Å². The minimum atomic E-state index is -0.173. The Bertz CT molecular complexity index is 318. The van der Waals surface area contributed by atoms with Crippen LogP contribution in [0.1, 0.15) is 47.5 Å². The van der Waals surface area contributed by atoms with E-state index in [1.54, 1.807) is 0 Å². The van der Waals surface area contributed by atoms with Crippen LogP contribution in [0.3, 0.4) is 0 Å². The monoisotopic (exact) mass is 314 g/mol. The summed E-state index contributed by atoms with van der Waals surface area (Å²) in [7, 11) is 0. The summed E-state index contributed by atoms with van der Waals surface area (Å²) in [5, 5.41) is 0. The lowest BCUT2D eigenvalue weighted by molar-refractivity contribution is -0.140. The molecule has 130 valence electrons. The number of ether oxygens (including phenoxy) is 4. The van der Waals surface area contributed by atoms with Crippen LogP contribution >= 0.6 is 0 Å². The lowest BCUT2D eigenvalue weighted by Gasteiger charge is -2.26. The predicted octanol–water partition coefficient (Wildman–Crippen LogP) is 4.00. The minimum Gasteiger partial charge on any atom is -0.353 e. The van der Waals surface area contributed by atoms with Gasteiger partial charge in [-0.05, 0) is 63.9 Å². The second-order valence-electron chi connectivity index (χ2n) is 6.17. The van der Waals surface area contributed by atoms with Gasteiger partial charge in [-0.1, -0.05) is 13.5 Å². The van der Waals surface area contributed by atoms with E-state index in [1.165, 1.54) is 12.8 Å². The van der Waals surface area contributed by atoms with Gasteiger partial charge in [0.25, 0.3) is 0 Å². The van der Waals surface area contributed by atoms with Gasteiger partial charge in [0.1, 0.15) is 0 Å². The van der Waals surface area contributed by atoms with Crippen molar-refractivity contribution >= 4 is 0 Å². The van der Waals surface area contributed by atoms with Crippen molar-refractivity contribution < 1.29 is 18.9 Å². The Hall–Kier alpha value is -0.420. The largest absolute Gasteiger partial charge is 0.353 e. The highest BCUT2D eigenvalue weighted by Gasteiger charge is 2.35. The summed E-state index contributed by atoms with van der Waals surface area (Å²) in [6, 6.07) is 0. The standard InChI is InChI=1S/C18H34O4/c1-7-19-15(5)21-11-14(4)17-10-9-13(3)18(17)12-22-16(6)20-8-2/h13,15-18H,4,7-12H2,1-3,5-6H3/t13-,15?,16?,17+,18+/m0/s1. The van der Waals surface area contributed by atoms with E-state index >= 15 is 0 Å². The summed E-state index contributed by atoms with van der Waals surface area (Å²) < 4.78 is 22.4. The Morgan fingerprint density at radius 2 is 1.59 bits per heavy atom. The van der Waals surface area contributed by atoms with E-state index < -0.39 is 0 Å². The van der Waals surface area contributed by atoms with Gasteiger partial charge in [-0.25, -0.2) is 0 Å². The molecule has 22 heavy (non-hydrogen) atoms. The van der Waals surface area contributed by atoms with Crippen LogP contribution in [-0.2, 0) is 18.9 Å². The van der Waals surface area contributed by atoms with Gasteiger partial charge in [0.2, 0.25) is 0 Å².